The van der Waals surface area contributed by atoms with Crippen molar-refractivity contribution in [3.8, 4) is 17.7 Å². The summed E-state index contributed by atoms with van der Waals surface area (Å²) in [5, 5.41) is 11.7. The summed E-state index contributed by atoms with van der Waals surface area (Å²) in [6.45, 7) is 8.66. The molecule has 2 aromatic rings. The number of pyridine rings is 1. The van der Waals surface area contributed by atoms with Crippen molar-refractivity contribution >= 4 is 11.7 Å². The minimum absolute atomic E-state index is 0.215. The number of ether oxygens (including phenoxy) is 1. The Labute approximate surface area is 154 Å². The van der Waals surface area contributed by atoms with Crippen LogP contribution < -0.4 is 10.1 Å². The Morgan fingerprint density at radius 1 is 1.31 bits per heavy atom. The Balaban J connectivity index is 1.99. The van der Waals surface area contributed by atoms with Gasteiger partial charge >= 0.3 is 6.03 Å². The van der Waals surface area contributed by atoms with Gasteiger partial charge in [0.25, 0.3) is 0 Å². The molecule has 1 unspecified atom stereocenters. The highest BCUT2D eigenvalue weighted by molar-refractivity contribution is 5.89. The lowest BCUT2D eigenvalue weighted by atomic mass is 10.1. The first kappa shape index (κ1) is 19.3. The summed E-state index contributed by atoms with van der Waals surface area (Å²) in [7, 11) is 0. The molecular formula is C20H24N4O2. The molecule has 0 saturated carbocycles. The fraction of sp³-hybridized carbons (Fsp3) is 0.350. The van der Waals surface area contributed by atoms with Gasteiger partial charge in [-0.25, -0.2) is 9.78 Å². The lowest BCUT2D eigenvalue weighted by molar-refractivity contribution is 0.210. The second-order valence-corrected chi connectivity index (χ2v) is 6.23. The van der Waals surface area contributed by atoms with E-state index in [9.17, 15) is 4.79 Å². The number of amides is 2. The van der Waals surface area contributed by atoms with Crippen LogP contribution in [-0.4, -0.2) is 29.0 Å². The number of anilines is 1. The third-order valence-electron chi connectivity index (χ3n) is 4.07. The number of carbonyl (C=O) groups excluding carboxylic acids is 1. The molecule has 26 heavy (non-hydrogen) atoms. The van der Waals surface area contributed by atoms with E-state index in [1.54, 1.807) is 30.2 Å². The SMILES string of the molecule is CCN(CC(C)C#N)C(=O)Nc1ccc(Oc2ccc(C)c(C)c2)nc1. The number of rotatable bonds is 6. The van der Waals surface area contributed by atoms with Crippen LogP contribution in [0.1, 0.15) is 25.0 Å². The van der Waals surface area contributed by atoms with E-state index >= 15 is 0 Å². The summed E-state index contributed by atoms with van der Waals surface area (Å²) in [6, 6.07) is 11.2. The summed E-state index contributed by atoms with van der Waals surface area (Å²) in [5.74, 6) is 0.962. The van der Waals surface area contributed by atoms with Crippen LogP contribution in [0.5, 0.6) is 11.6 Å². The van der Waals surface area contributed by atoms with Crippen LogP contribution in [0, 0.1) is 31.1 Å². The maximum Gasteiger partial charge on any atom is 0.321 e. The molecule has 2 amide bonds. The van der Waals surface area contributed by atoms with Crippen molar-refractivity contribution in [1.82, 2.24) is 9.88 Å². The number of benzene rings is 1. The van der Waals surface area contributed by atoms with Crippen molar-refractivity contribution in [3.05, 3.63) is 47.7 Å². The van der Waals surface area contributed by atoms with Gasteiger partial charge in [0.05, 0.1) is 23.9 Å². The molecule has 1 atom stereocenters. The average Bonchev–Trinajstić information content (AvgIpc) is 2.64. The van der Waals surface area contributed by atoms with Gasteiger partial charge in [0.1, 0.15) is 5.75 Å². The van der Waals surface area contributed by atoms with E-state index < -0.39 is 0 Å². The first-order valence-corrected chi connectivity index (χ1v) is 8.59. The Kier molecular flexibility index (Phi) is 6.56. The molecule has 1 aromatic carbocycles. The van der Waals surface area contributed by atoms with Gasteiger partial charge in [0.15, 0.2) is 0 Å². The quantitative estimate of drug-likeness (QED) is 0.830. The maximum absolute atomic E-state index is 12.3. The van der Waals surface area contributed by atoms with Crippen LogP contribution >= 0.6 is 0 Å². The van der Waals surface area contributed by atoms with Gasteiger partial charge in [-0.3, -0.25) is 0 Å². The highest BCUT2D eigenvalue weighted by Gasteiger charge is 2.15. The summed E-state index contributed by atoms with van der Waals surface area (Å²) >= 11 is 0. The Morgan fingerprint density at radius 2 is 2.08 bits per heavy atom. The largest absolute Gasteiger partial charge is 0.439 e. The number of nitriles is 1. The third-order valence-corrected chi connectivity index (χ3v) is 4.07. The molecule has 0 aliphatic rings. The Bertz CT molecular complexity index is 796. The topological polar surface area (TPSA) is 78.2 Å². The monoisotopic (exact) mass is 352 g/mol. The van der Waals surface area contributed by atoms with E-state index in [1.165, 1.54) is 5.56 Å². The number of aryl methyl sites for hydroxylation is 2. The van der Waals surface area contributed by atoms with Crippen LogP contribution in [-0.2, 0) is 0 Å². The van der Waals surface area contributed by atoms with Gasteiger partial charge < -0.3 is 15.0 Å². The minimum Gasteiger partial charge on any atom is -0.439 e. The Hall–Kier alpha value is -3.07. The molecule has 0 aliphatic carbocycles. The van der Waals surface area contributed by atoms with Crippen molar-refractivity contribution in [3.63, 3.8) is 0 Å². The van der Waals surface area contributed by atoms with Gasteiger partial charge in [-0.15, -0.1) is 0 Å². The lowest BCUT2D eigenvalue weighted by Gasteiger charge is -2.22. The molecule has 0 aliphatic heterocycles. The minimum atomic E-state index is -0.251. The molecule has 0 fully saturated rings. The van der Waals surface area contributed by atoms with E-state index in [4.69, 9.17) is 10.00 Å². The van der Waals surface area contributed by atoms with Crippen molar-refractivity contribution in [2.45, 2.75) is 27.7 Å². The molecule has 1 aromatic heterocycles. The smallest absolute Gasteiger partial charge is 0.321 e. The van der Waals surface area contributed by atoms with Crippen LogP contribution in [0.25, 0.3) is 0 Å². The van der Waals surface area contributed by atoms with E-state index in [0.717, 1.165) is 11.3 Å². The summed E-state index contributed by atoms with van der Waals surface area (Å²) in [6.07, 6.45) is 1.55. The van der Waals surface area contributed by atoms with E-state index in [1.807, 2.05) is 39.0 Å². The number of aromatic nitrogens is 1. The second-order valence-electron chi connectivity index (χ2n) is 6.23. The zero-order chi connectivity index (χ0) is 19.1. The zero-order valence-electron chi connectivity index (χ0n) is 15.6. The lowest BCUT2D eigenvalue weighted by Crippen LogP contribution is -2.37. The van der Waals surface area contributed by atoms with Crippen LogP contribution in [0.4, 0.5) is 10.5 Å². The van der Waals surface area contributed by atoms with Gasteiger partial charge in [-0.2, -0.15) is 5.26 Å². The molecule has 0 spiro atoms. The first-order chi connectivity index (χ1) is 12.4. The number of urea groups is 1. The van der Waals surface area contributed by atoms with Crippen molar-refractivity contribution in [2.24, 2.45) is 5.92 Å². The molecule has 0 radical (unpaired) electrons. The third kappa shape index (κ3) is 5.21. The van der Waals surface area contributed by atoms with Gasteiger partial charge in [0, 0.05) is 19.2 Å². The number of carbonyl (C=O) groups is 1. The number of nitrogens with zero attached hydrogens (tertiary/aromatic N) is 3. The molecule has 6 nitrogen and oxygen atoms in total. The normalized spacial score (nSPS) is 11.3. The molecular weight excluding hydrogens is 328 g/mol. The van der Waals surface area contributed by atoms with Crippen molar-refractivity contribution in [1.29, 1.82) is 5.26 Å². The standard InChI is InChI=1S/C20H24N4O2/c1-5-24(13-14(2)11-21)20(25)23-17-7-9-19(22-12-17)26-18-8-6-15(3)16(4)10-18/h6-10,12,14H,5,13H2,1-4H3,(H,23,25). The van der Waals surface area contributed by atoms with E-state index in [0.29, 0.717) is 24.7 Å². The molecule has 6 heteroatoms. The molecule has 0 bridgehead atoms. The average molecular weight is 352 g/mol. The van der Waals surface area contributed by atoms with Crippen molar-refractivity contribution < 1.29 is 9.53 Å². The predicted octanol–water partition coefficient (Wildman–Crippen LogP) is 4.50. The molecule has 136 valence electrons. The molecule has 0 saturated heterocycles. The van der Waals surface area contributed by atoms with E-state index in [-0.39, 0.29) is 11.9 Å². The highest BCUT2D eigenvalue weighted by atomic mass is 16.5. The summed E-state index contributed by atoms with van der Waals surface area (Å²) in [5.41, 5.74) is 2.93. The molecule has 2 rings (SSSR count). The second kappa shape index (κ2) is 8.86. The Morgan fingerprint density at radius 3 is 2.65 bits per heavy atom. The zero-order valence-corrected chi connectivity index (χ0v) is 15.6. The fourth-order valence-electron chi connectivity index (χ4n) is 2.34. The van der Waals surface area contributed by atoms with Crippen LogP contribution in [0.2, 0.25) is 0 Å². The van der Waals surface area contributed by atoms with E-state index in [2.05, 4.69) is 16.4 Å². The highest BCUT2D eigenvalue weighted by Crippen LogP contribution is 2.23. The van der Waals surface area contributed by atoms with Gasteiger partial charge in [-0.1, -0.05) is 6.07 Å². The number of nitrogens with one attached hydrogen (secondary N) is 1. The van der Waals surface area contributed by atoms with Gasteiger partial charge in [0.2, 0.25) is 5.88 Å². The van der Waals surface area contributed by atoms with Crippen LogP contribution in [0.3, 0.4) is 0 Å². The molecule has 1 heterocycles. The summed E-state index contributed by atoms with van der Waals surface area (Å²) in [4.78, 5) is 18.1. The number of hydrogen-bond donors (Lipinski definition) is 1. The molecule has 1 N–H and O–H groups in total. The van der Waals surface area contributed by atoms with Crippen LogP contribution in [0.15, 0.2) is 36.5 Å². The first-order valence-electron chi connectivity index (χ1n) is 8.59. The number of hydrogen-bond acceptors (Lipinski definition) is 4. The predicted molar refractivity (Wildman–Crippen MR) is 101 cm³/mol. The maximum atomic E-state index is 12.3. The summed E-state index contributed by atoms with van der Waals surface area (Å²) < 4.78 is 5.74. The van der Waals surface area contributed by atoms with Crippen molar-refractivity contribution in [2.75, 3.05) is 18.4 Å². The fourth-order valence-corrected chi connectivity index (χ4v) is 2.34. The van der Waals surface area contributed by atoms with Gasteiger partial charge in [-0.05, 0) is 57.0 Å².